The van der Waals surface area contributed by atoms with Crippen LogP contribution < -0.4 is 0 Å². The summed E-state index contributed by atoms with van der Waals surface area (Å²) in [7, 11) is 0. The average molecular weight is 338 g/mol. The van der Waals surface area contributed by atoms with E-state index in [-0.39, 0.29) is 6.08 Å². The van der Waals surface area contributed by atoms with E-state index in [2.05, 4.69) is 4.74 Å². The fourth-order valence-electron chi connectivity index (χ4n) is 0.436. The molecule has 0 bridgehead atoms. The first kappa shape index (κ1) is 13.9. The van der Waals surface area contributed by atoms with Crippen molar-refractivity contribution in [1.82, 2.24) is 0 Å². The van der Waals surface area contributed by atoms with E-state index in [0.717, 1.165) is 22.6 Å². The Labute approximate surface area is 87.0 Å². The SMILES string of the molecule is FC(F)(F)OC(F)(/C=C/I)C(F)(F)F. The quantitative estimate of drug-likeness (QED) is 0.551. The van der Waals surface area contributed by atoms with E-state index in [9.17, 15) is 30.7 Å². The molecule has 0 aliphatic carbocycles. The minimum atomic E-state index is -5.79. The third-order valence-corrected chi connectivity index (χ3v) is 1.29. The topological polar surface area (TPSA) is 9.23 Å². The second-order valence-electron chi connectivity index (χ2n) is 1.98. The highest BCUT2D eigenvalue weighted by Gasteiger charge is 2.61. The number of rotatable bonds is 2. The van der Waals surface area contributed by atoms with Crippen molar-refractivity contribution < 1.29 is 35.5 Å². The van der Waals surface area contributed by atoms with Crippen molar-refractivity contribution in [3.63, 3.8) is 0 Å². The number of halogens is 8. The molecule has 0 aromatic heterocycles. The van der Waals surface area contributed by atoms with Crippen LogP contribution in [-0.2, 0) is 4.74 Å². The van der Waals surface area contributed by atoms with E-state index >= 15 is 0 Å². The van der Waals surface area contributed by atoms with Crippen molar-refractivity contribution in [2.24, 2.45) is 0 Å². The molecule has 0 N–H and O–H groups in total. The van der Waals surface area contributed by atoms with Crippen molar-refractivity contribution in [1.29, 1.82) is 0 Å². The van der Waals surface area contributed by atoms with Crippen LogP contribution in [0.1, 0.15) is 0 Å². The van der Waals surface area contributed by atoms with Gasteiger partial charge in [0.05, 0.1) is 0 Å². The first-order chi connectivity index (χ1) is 6.02. The zero-order chi connectivity index (χ0) is 11.6. The molecule has 0 fully saturated rings. The lowest BCUT2D eigenvalue weighted by Gasteiger charge is -2.25. The molecular formula is C5H2F7IO. The number of ether oxygens (including phenoxy) is 1. The summed E-state index contributed by atoms with van der Waals surface area (Å²) in [6.07, 6.45) is -11.9. The van der Waals surface area contributed by atoms with Crippen LogP contribution >= 0.6 is 22.6 Å². The molecule has 0 heterocycles. The van der Waals surface area contributed by atoms with Crippen molar-refractivity contribution in [3.05, 3.63) is 10.2 Å². The molecule has 0 saturated heterocycles. The highest BCUT2D eigenvalue weighted by molar-refractivity contribution is 14.1. The van der Waals surface area contributed by atoms with Crippen LogP contribution in [-0.4, -0.2) is 18.4 Å². The van der Waals surface area contributed by atoms with Gasteiger partial charge in [-0.3, -0.25) is 0 Å². The number of hydrogen-bond donors (Lipinski definition) is 0. The summed E-state index contributed by atoms with van der Waals surface area (Å²) in [6, 6.07) is 0. The molecular weight excluding hydrogens is 336 g/mol. The van der Waals surface area contributed by atoms with E-state index in [0.29, 0.717) is 4.08 Å². The van der Waals surface area contributed by atoms with Gasteiger partial charge in [-0.1, -0.05) is 22.6 Å². The van der Waals surface area contributed by atoms with Crippen molar-refractivity contribution in [3.8, 4) is 0 Å². The molecule has 84 valence electrons. The van der Waals surface area contributed by atoms with Crippen molar-refractivity contribution >= 4 is 22.6 Å². The second kappa shape index (κ2) is 4.21. The molecule has 0 radical (unpaired) electrons. The summed E-state index contributed by atoms with van der Waals surface area (Å²) < 4.78 is 84.9. The van der Waals surface area contributed by atoms with Crippen LogP contribution in [0.2, 0.25) is 0 Å². The predicted molar refractivity (Wildman–Crippen MR) is 40.2 cm³/mol. The largest absolute Gasteiger partial charge is 0.525 e. The van der Waals surface area contributed by atoms with Gasteiger partial charge in [0.25, 0.3) is 0 Å². The lowest BCUT2D eigenvalue weighted by molar-refractivity contribution is -0.432. The molecule has 0 aliphatic heterocycles. The molecule has 0 rings (SSSR count). The maximum atomic E-state index is 12.6. The van der Waals surface area contributed by atoms with E-state index in [4.69, 9.17) is 0 Å². The Morgan fingerprint density at radius 2 is 1.36 bits per heavy atom. The molecule has 0 aromatic carbocycles. The maximum Gasteiger partial charge on any atom is 0.525 e. The van der Waals surface area contributed by atoms with Crippen molar-refractivity contribution in [2.45, 2.75) is 18.4 Å². The van der Waals surface area contributed by atoms with Gasteiger partial charge in [0.1, 0.15) is 0 Å². The lowest BCUT2D eigenvalue weighted by atomic mass is 10.3. The monoisotopic (exact) mass is 338 g/mol. The normalized spacial score (nSPS) is 18.6. The summed E-state index contributed by atoms with van der Waals surface area (Å²) in [4.78, 5) is 0. The van der Waals surface area contributed by atoms with Gasteiger partial charge in [0.15, 0.2) is 0 Å². The van der Waals surface area contributed by atoms with Gasteiger partial charge in [-0.05, 0) is 10.2 Å². The maximum absolute atomic E-state index is 12.6. The molecule has 14 heavy (non-hydrogen) atoms. The fourth-order valence-corrected chi connectivity index (χ4v) is 0.898. The number of alkyl halides is 7. The Kier molecular flexibility index (Phi) is 4.19. The average Bonchev–Trinajstić information content (AvgIpc) is 1.79. The summed E-state index contributed by atoms with van der Waals surface area (Å²) in [5.74, 6) is -4.84. The van der Waals surface area contributed by atoms with Gasteiger partial charge in [-0.25, -0.2) is 4.74 Å². The first-order valence-corrected chi connectivity index (χ1v) is 4.07. The summed E-state index contributed by atoms with van der Waals surface area (Å²) in [5, 5.41) is 0. The van der Waals surface area contributed by atoms with Crippen LogP contribution in [0.5, 0.6) is 0 Å². The Balaban J connectivity index is 4.93. The third-order valence-electron chi connectivity index (χ3n) is 0.928. The van der Waals surface area contributed by atoms with Crippen LogP contribution in [0, 0.1) is 0 Å². The third kappa shape index (κ3) is 3.98. The lowest BCUT2D eigenvalue weighted by Crippen LogP contribution is -2.45. The van der Waals surface area contributed by atoms with E-state index in [1.165, 1.54) is 0 Å². The van der Waals surface area contributed by atoms with Crippen LogP contribution in [0.15, 0.2) is 10.2 Å². The van der Waals surface area contributed by atoms with Gasteiger partial charge < -0.3 is 0 Å². The Morgan fingerprint density at radius 1 is 0.929 bits per heavy atom. The van der Waals surface area contributed by atoms with E-state index in [1.54, 1.807) is 0 Å². The molecule has 0 spiro atoms. The molecule has 0 aromatic rings. The summed E-state index contributed by atoms with van der Waals surface area (Å²) >= 11 is 1.14. The highest BCUT2D eigenvalue weighted by atomic mass is 127. The number of hydrogen-bond acceptors (Lipinski definition) is 1. The standard InChI is InChI=1S/C5H2F7IO/c6-3(1-2-13,4(7,8)9)14-5(10,11)12/h1-2H/b2-1+. The molecule has 1 unspecified atom stereocenters. The van der Waals surface area contributed by atoms with Crippen molar-refractivity contribution in [2.75, 3.05) is 0 Å². The predicted octanol–water partition coefficient (Wildman–Crippen LogP) is 3.70. The Morgan fingerprint density at radius 3 is 1.57 bits per heavy atom. The molecule has 1 nitrogen and oxygen atoms in total. The second-order valence-corrected chi connectivity index (χ2v) is 2.70. The summed E-state index contributed by atoms with van der Waals surface area (Å²) in [5.41, 5.74) is 0. The van der Waals surface area contributed by atoms with Gasteiger partial charge in [-0.2, -0.15) is 17.6 Å². The Bertz CT molecular complexity index is 219. The molecule has 0 saturated carbocycles. The zero-order valence-corrected chi connectivity index (χ0v) is 8.24. The van der Waals surface area contributed by atoms with Crippen LogP contribution in [0.4, 0.5) is 30.7 Å². The fraction of sp³-hybridized carbons (Fsp3) is 0.600. The Hall–Kier alpha value is -0.0600. The molecule has 9 heteroatoms. The highest BCUT2D eigenvalue weighted by Crippen LogP contribution is 2.40. The zero-order valence-electron chi connectivity index (χ0n) is 6.09. The molecule has 0 aliphatic rings. The first-order valence-electron chi connectivity index (χ1n) is 2.82. The van der Waals surface area contributed by atoms with E-state index < -0.39 is 18.4 Å². The minimum absolute atomic E-state index is 0.374. The van der Waals surface area contributed by atoms with Crippen LogP contribution in [0.3, 0.4) is 0 Å². The van der Waals surface area contributed by atoms with E-state index in [1.807, 2.05) is 0 Å². The molecule has 0 amide bonds. The van der Waals surface area contributed by atoms with Crippen LogP contribution in [0.25, 0.3) is 0 Å². The van der Waals surface area contributed by atoms with Gasteiger partial charge in [0.2, 0.25) is 0 Å². The van der Waals surface area contributed by atoms with Gasteiger partial charge in [0, 0.05) is 0 Å². The van der Waals surface area contributed by atoms with Gasteiger partial charge in [-0.15, -0.1) is 13.2 Å². The minimum Gasteiger partial charge on any atom is -0.242 e. The summed E-state index contributed by atoms with van der Waals surface area (Å²) in [6.45, 7) is 0. The smallest absolute Gasteiger partial charge is 0.242 e. The molecule has 1 atom stereocenters. The van der Waals surface area contributed by atoms with Gasteiger partial charge >= 0.3 is 18.4 Å².